The van der Waals surface area contributed by atoms with Crippen molar-refractivity contribution < 1.29 is 24.2 Å². The van der Waals surface area contributed by atoms with Crippen molar-refractivity contribution in [1.29, 1.82) is 0 Å². The molecule has 2 unspecified atom stereocenters. The minimum atomic E-state index is -1.00. The molecule has 57 heavy (non-hydrogen) atoms. The first-order valence-corrected chi connectivity index (χ1v) is 24.3. The molecule has 0 saturated carbocycles. The summed E-state index contributed by atoms with van der Waals surface area (Å²) in [5.74, 6) is -1.23. The van der Waals surface area contributed by atoms with Gasteiger partial charge in [-0.3, -0.25) is 9.59 Å². The molecule has 7 nitrogen and oxygen atoms in total. The molecule has 0 fully saturated rings. The van der Waals surface area contributed by atoms with Gasteiger partial charge in [-0.1, -0.05) is 185 Å². The summed E-state index contributed by atoms with van der Waals surface area (Å²) < 4.78 is 6.08. The Hall–Kier alpha value is -2.41. The summed E-state index contributed by atoms with van der Waals surface area (Å²) in [5.41, 5.74) is 5.50. The molecule has 1 amide bonds. The van der Waals surface area contributed by atoms with Crippen LogP contribution in [0.2, 0.25) is 0 Å². The fourth-order valence-corrected chi connectivity index (χ4v) is 7.35. The van der Waals surface area contributed by atoms with E-state index in [0.29, 0.717) is 32.2 Å². The van der Waals surface area contributed by atoms with E-state index in [0.717, 1.165) is 83.5 Å². The molecule has 0 spiro atoms. The lowest BCUT2D eigenvalue weighted by atomic mass is 10.0. The van der Waals surface area contributed by atoms with E-state index in [-0.39, 0.29) is 18.0 Å². The average molecular weight is 801 g/mol. The summed E-state index contributed by atoms with van der Waals surface area (Å²) in [6.45, 7) is 4.85. The van der Waals surface area contributed by atoms with Crippen molar-refractivity contribution in [3.8, 4) is 0 Å². The fraction of sp³-hybridized carbons (Fsp3) is 0.820. The number of ether oxygens (including phenoxy) is 1. The van der Waals surface area contributed by atoms with Gasteiger partial charge in [0.05, 0.1) is 0 Å². The van der Waals surface area contributed by atoms with Crippen LogP contribution in [0.15, 0.2) is 36.5 Å². The van der Waals surface area contributed by atoms with Crippen LogP contribution < -0.4 is 11.1 Å². The number of carbonyl (C=O) groups excluding carboxylic acids is 2. The first-order valence-electron chi connectivity index (χ1n) is 24.3. The lowest BCUT2D eigenvalue weighted by molar-refractivity contribution is -0.150. The van der Waals surface area contributed by atoms with E-state index in [1.165, 1.54) is 122 Å². The first-order chi connectivity index (χ1) is 27.9. The summed E-state index contributed by atoms with van der Waals surface area (Å²) in [6, 6.07) is -0.857. The third-order valence-electron chi connectivity index (χ3n) is 11.0. The van der Waals surface area contributed by atoms with Gasteiger partial charge >= 0.3 is 11.9 Å². The number of carbonyl (C=O) groups is 3. The number of carboxylic acids is 1. The third kappa shape index (κ3) is 41.5. The molecule has 7 heteroatoms. The molecule has 0 aromatic rings. The largest absolute Gasteiger partial charge is 0.480 e. The average Bonchev–Trinajstić information content (AvgIpc) is 3.20. The number of nitrogens with two attached hydrogens (primary N) is 1. The van der Waals surface area contributed by atoms with Crippen LogP contribution in [0.1, 0.15) is 245 Å². The van der Waals surface area contributed by atoms with Crippen LogP contribution in [-0.2, 0) is 19.1 Å². The lowest BCUT2D eigenvalue weighted by Gasteiger charge is -2.18. The smallest absolute Gasteiger partial charge is 0.326 e. The maximum atomic E-state index is 12.9. The second-order valence-electron chi connectivity index (χ2n) is 16.5. The Balaban J connectivity index is 4.31. The van der Waals surface area contributed by atoms with Crippen molar-refractivity contribution in [2.45, 2.75) is 257 Å². The zero-order valence-corrected chi connectivity index (χ0v) is 37.4. The quantitative estimate of drug-likeness (QED) is 0.0321. The normalized spacial score (nSPS) is 12.9. The molecule has 0 aromatic carbocycles. The van der Waals surface area contributed by atoms with Crippen LogP contribution in [0.4, 0.5) is 0 Å². The van der Waals surface area contributed by atoms with Gasteiger partial charge in [0.1, 0.15) is 12.1 Å². The Bertz CT molecular complexity index is 993. The molecular formula is C50H92N2O5. The maximum Gasteiger partial charge on any atom is 0.326 e. The second kappa shape index (κ2) is 44.7. The Morgan fingerprint density at radius 2 is 0.965 bits per heavy atom. The molecule has 0 aliphatic rings. The molecule has 0 aliphatic carbocycles. The van der Waals surface area contributed by atoms with Gasteiger partial charge in [-0.05, 0) is 90.0 Å². The van der Waals surface area contributed by atoms with E-state index in [2.05, 4.69) is 55.6 Å². The predicted octanol–water partition coefficient (Wildman–Crippen LogP) is 14.2. The van der Waals surface area contributed by atoms with E-state index >= 15 is 0 Å². The van der Waals surface area contributed by atoms with E-state index in [1.807, 2.05) is 0 Å². The Morgan fingerprint density at radius 1 is 0.526 bits per heavy atom. The van der Waals surface area contributed by atoms with Gasteiger partial charge in [0.15, 0.2) is 0 Å². The highest BCUT2D eigenvalue weighted by Gasteiger charge is 2.19. The van der Waals surface area contributed by atoms with Crippen molar-refractivity contribution in [3.05, 3.63) is 36.5 Å². The van der Waals surface area contributed by atoms with Crippen LogP contribution >= 0.6 is 0 Å². The zero-order chi connectivity index (χ0) is 41.7. The van der Waals surface area contributed by atoms with Crippen molar-refractivity contribution in [1.82, 2.24) is 5.32 Å². The van der Waals surface area contributed by atoms with Crippen molar-refractivity contribution in [2.75, 3.05) is 6.54 Å². The van der Waals surface area contributed by atoms with Crippen molar-refractivity contribution >= 4 is 17.8 Å². The highest BCUT2D eigenvalue weighted by molar-refractivity contribution is 5.83. The van der Waals surface area contributed by atoms with Crippen LogP contribution in [0.25, 0.3) is 0 Å². The van der Waals surface area contributed by atoms with Gasteiger partial charge in [-0.25, -0.2) is 4.79 Å². The zero-order valence-electron chi connectivity index (χ0n) is 37.4. The lowest BCUT2D eigenvalue weighted by Crippen LogP contribution is -2.40. The van der Waals surface area contributed by atoms with Gasteiger partial charge < -0.3 is 20.9 Å². The monoisotopic (exact) mass is 801 g/mol. The van der Waals surface area contributed by atoms with Crippen molar-refractivity contribution in [3.63, 3.8) is 0 Å². The number of amides is 1. The minimum Gasteiger partial charge on any atom is -0.480 e. The number of allylic oxidation sites excluding steroid dienone is 6. The Kier molecular flexibility index (Phi) is 42.8. The summed E-state index contributed by atoms with van der Waals surface area (Å²) in [4.78, 5) is 36.5. The van der Waals surface area contributed by atoms with Gasteiger partial charge in [0, 0.05) is 12.8 Å². The molecule has 0 rings (SSSR count). The number of nitrogens with one attached hydrogen (secondary N) is 1. The number of hydrogen-bond acceptors (Lipinski definition) is 5. The first kappa shape index (κ1) is 54.6. The molecule has 0 aromatic heterocycles. The van der Waals surface area contributed by atoms with Crippen LogP contribution in [-0.4, -0.2) is 41.6 Å². The van der Waals surface area contributed by atoms with Gasteiger partial charge in [-0.15, -0.1) is 0 Å². The van der Waals surface area contributed by atoms with Crippen LogP contribution in [0, 0.1) is 0 Å². The van der Waals surface area contributed by atoms with E-state index < -0.39 is 12.0 Å². The summed E-state index contributed by atoms with van der Waals surface area (Å²) >= 11 is 0. The summed E-state index contributed by atoms with van der Waals surface area (Å²) in [5, 5.41) is 12.0. The topological polar surface area (TPSA) is 119 Å². The summed E-state index contributed by atoms with van der Waals surface area (Å²) in [6.07, 6.45) is 53.4. The molecule has 332 valence electrons. The number of rotatable bonds is 44. The Morgan fingerprint density at radius 3 is 1.46 bits per heavy atom. The summed E-state index contributed by atoms with van der Waals surface area (Å²) in [7, 11) is 0. The highest BCUT2D eigenvalue weighted by Crippen LogP contribution is 2.19. The number of unbranched alkanes of at least 4 members (excludes halogenated alkanes) is 24. The van der Waals surface area contributed by atoms with Gasteiger partial charge in [0.2, 0.25) is 5.91 Å². The molecular weight excluding hydrogens is 709 g/mol. The second-order valence-corrected chi connectivity index (χ2v) is 16.5. The van der Waals surface area contributed by atoms with Gasteiger partial charge in [0.25, 0.3) is 0 Å². The van der Waals surface area contributed by atoms with Crippen molar-refractivity contribution in [2.24, 2.45) is 5.73 Å². The molecule has 2 atom stereocenters. The standard InChI is InChI=1S/C50H92N2O5/c1-3-5-7-9-11-13-15-17-19-20-21-23-25-27-29-34-38-44-49(54)57-46(40-35-31-28-26-24-22-18-16-14-12-10-8-6-4-2)41-36-32-30-33-37-43-48(53)52-47(50(55)56)42-39-45-51/h5,7,11,13,17,19,46-47H,3-4,6,8-10,12,14-16,18,20-45,51H2,1-2H3,(H,52,53)(H,55,56)/b7-5-,13-11-,19-17-. The highest BCUT2D eigenvalue weighted by atomic mass is 16.5. The third-order valence-corrected chi connectivity index (χ3v) is 11.0. The Labute approximate surface area is 352 Å². The van der Waals surface area contributed by atoms with E-state index in [9.17, 15) is 19.5 Å². The maximum absolute atomic E-state index is 12.9. The molecule has 0 heterocycles. The molecule has 4 N–H and O–H groups in total. The molecule has 0 bridgehead atoms. The number of carboxylic acid groups (broad SMARTS) is 1. The SMILES string of the molecule is CC/C=C\C/C=C\C/C=C\CCCCCCCCCC(=O)OC(CCCCCCCCCCCCCCCC)CCCCCCCC(=O)NC(CCCN)C(=O)O. The van der Waals surface area contributed by atoms with Crippen LogP contribution in [0.5, 0.6) is 0 Å². The fourth-order valence-electron chi connectivity index (χ4n) is 7.35. The van der Waals surface area contributed by atoms with E-state index in [4.69, 9.17) is 10.5 Å². The minimum absolute atomic E-state index is 0.00935. The van der Waals surface area contributed by atoms with Gasteiger partial charge in [-0.2, -0.15) is 0 Å². The molecule has 0 radical (unpaired) electrons. The number of hydrogen-bond donors (Lipinski definition) is 3. The number of esters is 1. The van der Waals surface area contributed by atoms with Crippen LogP contribution in [0.3, 0.4) is 0 Å². The molecule has 0 saturated heterocycles. The predicted molar refractivity (Wildman–Crippen MR) is 243 cm³/mol. The molecule has 0 aliphatic heterocycles. The number of aliphatic carboxylic acids is 1. The van der Waals surface area contributed by atoms with E-state index in [1.54, 1.807) is 0 Å².